The zero-order chi connectivity index (χ0) is 15.8. The van der Waals surface area contributed by atoms with Gasteiger partial charge in [0.05, 0.1) is 0 Å². The fraction of sp³-hybridized carbons (Fsp3) is 0.867. The van der Waals surface area contributed by atoms with E-state index in [9.17, 15) is 9.59 Å². The van der Waals surface area contributed by atoms with Crippen LogP contribution in [0.15, 0.2) is 0 Å². The molecule has 1 rings (SSSR count). The monoisotopic (exact) mass is 299 g/mol. The van der Waals surface area contributed by atoms with E-state index in [-0.39, 0.29) is 18.4 Å². The Morgan fingerprint density at radius 2 is 2.05 bits per heavy atom. The smallest absolute Gasteiger partial charge is 0.317 e. The first-order valence-corrected chi connectivity index (χ1v) is 7.96. The highest BCUT2D eigenvalue weighted by Crippen LogP contribution is 2.15. The molecule has 0 bridgehead atoms. The van der Waals surface area contributed by atoms with Gasteiger partial charge in [0.25, 0.3) is 0 Å². The zero-order valence-corrected chi connectivity index (χ0v) is 13.5. The maximum absolute atomic E-state index is 12.1. The Bertz CT molecular complexity index is 345. The Hall–Kier alpha value is -1.30. The first-order chi connectivity index (χ1) is 9.97. The normalized spacial score (nSPS) is 19.8. The third-order valence-electron chi connectivity index (χ3n) is 4.23. The molecule has 6 heteroatoms. The van der Waals surface area contributed by atoms with E-state index in [0.717, 1.165) is 32.6 Å². The number of hydrogen-bond acceptors (Lipinski definition) is 3. The highest BCUT2D eigenvalue weighted by molar-refractivity contribution is 5.74. The first kappa shape index (κ1) is 17.8. The number of nitrogens with zero attached hydrogens (tertiary/aromatic N) is 2. The Labute approximate surface area is 127 Å². The number of carbonyl (C=O) groups excluding carboxylic acids is 1. The molecule has 2 amide bonds. The maximum Gasteiger partial charge on any atom is 0.317 e. The minimum Gasteiger partial charge on any atom is -0.481 e. The van der Waals surface area contributed by atoms with E-state index >= 15 is 0 Å². The molecular formula is C15H29N3O3. The summed E-state index contributed by atoms with van der Waals surface area (Å²) in [7, 11) is 0. The van der Waals surface area contributed by atoms with Crippen molar-refractivity contribution in [2.75, 3.05) is 32.7 Å². The van der Waals surface area contributed by atoms with Crippen molar-refractivity contribution < 1.29 is 14.7 Å². The van der Waals surface area contributed by atoms with Gasteiger partial charge in [0.15, 0.2) is 0 Å². The van der Waals surface area contributed by atoms with Crippen LogP contribution in [-0.4, -0.2) is 65.7 Å². The summed E-state index contributed by atoms with van der Waals surface area (Å²) < 4.78 is 0. The fourth-order valence-electron chi connectivity index (χ4n) is 2.81. The molecule has 2 unspecified atom stereocenters. The van der Waals surface area contributed by atoms with Crippen LogP contribution in [0.4, 0.5) is 4.79 Å². The van der Waals surface area contributed by atoms with Gasteiger partial charge in [-0.3, -0.25) is 9.69 Å². The van der Waals surface area contributed by atoms with Gasteiger partial charge >= 0.3 is 12.0 Å². The highest BCUT2D eigenvalue weighted by Gasteiger charge is 2.29. The molecule has 0 radical (unpaired) electrons. The number of nitrogens with one attached hydrogen (secondary N) is 1. The Kier molecular flexibility index (Phi) is 7.50. The number of aliphatic carboxylic acids is 1. The second kappa shape index (κ2) is 8.87. The van der Waals surface area contributed by atoms with Crippen molar-refractivity contribution >= 4 is 12.0 Å². The lowest BCUT2D eigenvalue weighted by atomic mass is 10.1. The van der Waals surface area contributed by atoms with Gasteiger partial charge in [0, 0.05) is 32.1 Å². The average Bonchev–Trinajstić information content (AvgIpc) is 2.93. The van der Waals surface area contributed by atoms with Gasteiger partial charge in [-0.15, -0.1) is 0 Å². The Morgan fingerprint density at radius 3 is 2.62 bits per heavy atom. The Morgan fingerprint density at radius 1 is 1.38 bits per heavy atom. The number of urea groups is 1. The Balaban J connectivity index is 2.29. The van der Waals surface area contributed by atoms with Crippen molar-refractivity contribution in [3.8, 4) is 0 Å². The number of amides is 2. The highest BCUT2D eigenvalue weighted by atomic mass is 16.4. The molecular weight excluding hydrogens is 270 g/mol. The third kappa shape index (κ3) is 5.91. The van der Waals surface area contributed by atoms with Gasteiger partial charge in [-0.25, -0.2) is 4.79 Å². The van der Waals surface area contributed by atoms with Crippen LogP contribution < -0.4 is 5.32 Å². The molecule has 0 aromatic rings. The quantitative estimate of drug-likeness (QED) is 0.714. The van der Waals surface area contributed by atoms with E-state index in [1.54, 1.807) is 0 Å². The van der Waals surface area contributed by atoms with Crippen LogP contribution in [0.1, 0.15) is 40.0 Å². The summed E-state index contributed by atoms with van der Waals surface area (Å²) >= 11 is 0. The number of likely N-dealkylation sites (tertiary alicyclic amines) is 1. The summed E-state index contributed by atoms with van der Waals surface area (Å²) in [5.41, 5.74) is 0. The van der Waals surface area contributed by atoms with Gasteiger partial charge in [0.1, 0.15) is 0 Å². The SMILES string of the molecule is CCN(CC)C1CCN(C(=O)NCC(C)CCC(=O)O)C1. The topological polar surface area (TPSA) is 72.9 Å². The zero-order valence-electron chi connectivity index (χ0n) is 13.5. The van der Waals surface area contributed by atoms with Crippen LogP contribution >= 0.6 is 0 Å². The van der Waals surface area contributed by atoms with Crippen molar-refractivity contribution in [3.05, 3.63) is 0 Å². The van der Waals surface area contributed by atoms with Gasteiger partial charge in [-0.1, -0.05) is 20.8 Å². The average molecular weight is 299 g/mol. The largest absolute Gasteiger partial charge is 0.481 e. The van der Waals surface area contributed by atoms with E-state index in [4.69, 9.17) is 5.11 Å². The molecule has 1 aliphatic heterocycles. The van der Waals surface area contributed by atoms with Crippen LogP contribution in [0.2, 0.25) is 0 Å². The predicted octanol–water partition coefficient (Wildman–Crippen LogP) is 1.61. The molecule has 0 spiro atoms. The van der Waals surface area contributed by atoms with Crippen LogP contribution in [0.25, 0.3) is 0 Å². The molecule has 0 aliphatic carbocycles. The summed E-state index contributed by atoms with van der Waals surface area (Å²) in [5, 5.41) is 11.6. The van der Waals surface area contributed by atoms with E-state index in [0.29, 0.717) is 19.0 Å². The molecule has 1 aliphatic rings. The van der Waals surface area contributed by atoms with Gasteiger partial charge in [-0.05, 0) is 31.8 Å². The molecule has 0 aromatic heterocycles. The van der Waals surface area contributed by atoms with Gasteiger partial charge in [0.2, 0.25) is 0 Å². The van der Waals surface area contributed by atoms with Crippen molar-refractivity contribution in [3.63, 3.8) is 0 Å². The van der Waals surface area contributed by atoms with Crippen LogP contribution in [0, 0.1) is 5.92 Å². The number of carboxylic acid groups (broad SMARTS) is 1. The fourth-order valence-corrected chi connectivity index (χ4v) is 2.81. The minimum atomic E-state index is -0.783. The second-order valence-electron chi connectivity index (χ2n) is 5.83. The van der Waals surface area contributed by atoms with E-state index in [2.05, 4.69) is 24.1 Å². The molecule has 0 aromatic carbocycles. The standard InChI is InChI=1S/C15H29N3O3/c1-4-17(5-2)13-8-9-18(11-13)15(21)16-10-12(3)6-7-14(19)20/h12-13H,4-11H2,1-3H3,(H,16,21)(H,19,20). The number of carboxylic acids is 1. The van der Waals surface area contributed by atoms with Crippen LogP contribution in [-0.2, 0) is 4.79 Å². The van der Waals surface area contributed by atoms with Crippen LogP contribution in [0.5, 0.6) is 0 Å². The molecule has 122 valence electrons. The molecule has 0 saturated carbocycles. The molecule has 1 heterocycles. The molecule has 21 heavy (non-hydrogen) atoms. The summed E-state index contributed by atoms with van der Waals surface area (Å²) in [6.07, 6.45) is 1.78. The second-order valence-corrected chi connectivity index (χ2v) is 5.83. The molecule has 1 fully saturated rings. The summed E-state index contributed by atoms with van der Waals surface area (Å²) in [5.74, 6) is -0.596. The van der Waals surface area contributed by atoms with Crippen LogP contribution in [0.3, 0.4) is 0 Å². The summed E-state index contributed by atoms with van der Waals surface area (Å²) in [6, 6.07) is 0.446. The lowest BCUT2D eigenvalue weighted by Crippen LogP contribution is -2.43. The third-order valence-corrected chi connectivity index (χ3v) is 4.23. The predicted molar refractivity (Wildman–Crippen MR) is 82.3 cm³/mol. The lowest BCUT2D eigenvalue weighted by molar-refractivity contribution is -0.137. The summed E-state index contributed by atoms with van der Waals surface area (Å²) in [4.78, 5) is 26.9. The molecule has 1 saturated heterocycles. The van der Waals surface area contributed by atoms with Crippen molar-refractivity contribution in [1.82, 2.24) is 15.1 Å². The van der Waals surface area contributed by atoms with Crippen molar-refractivity contribution in [2.45, 2.75) is 46.1 Å². The number of rotatable bonds is 8. The van der Waals surface area contributed by atoms with Crippen molar-refractivity contribution in [1.29, 1.82) is 0 Å². The molecule has 6 nitrogen and oxygen atoms in total. The van der Waals surface area contributed by atoms with Gasteiger partial charge in [-0.2, -0.15) is 0 Å². The minimum absolute atomic E-state index is 0.0215. The number of likely N-dealkylation sites (N-methyl/N-ethyl adjacent to an activating group) is 1. The molecule has 2 atom stereocenters. The maximum atomic E-state index is 12.1. The first-order valence-electron chi connectivity index (χ1n) is 7.96. The lowest BCUT2D eigenvalue weighted by Gasteiger charge is -2.26. The summed E-state index contributed by atoms with van der Waals surface area (Å²) in [6.45, 7) is 10.4. The number of hydrogen-bond donors (Lipinski definition) is 2. The van der Waals surface area contributed by atoms with E-state index in [1.165, 1.54) is 0 Å². The van der Waals surface area contributed by atoms with Crippen molar-refractivity contribution in [2.24, 2.45) is 5.92 Å². The van der Waals surface area contributed by atoms with Gasteiger partial charge < -0.3 is 15.3 Å². The van der Waals surface area contributed by atoms with E-state index < -0.39 is 5.97 Å². The number of carbonyl (C=O) groups is 2. The van der Waals surface area contributed by atoms with E-state index in [1.807, 2.05) is 11.8 Å². The molecule has 2 N–H and O–H groups in total.